The predicted molar refractivity (Wildman–Crippen MR) is 110 cm³/mol. The molecule has 3 aromatic carbocycles. The number of halogens is 1. The molecule has 0 saturated heterocycles. The summed E-state index contributed by atoms with van der Waals surface area (Å²) in [5.41, 5.74) is 3.19. The first kappa shape index (κ1) is 18.9. The second-order valence-electron chi connectivity index (χ2n) is 6.09. The summed E-state index contributed by atoms with van der Waals surface area (Å²) in [5, 5.41) is 10.0. The molecule has 0 aliphatic carbocycles. The van der Waals surface area contributed by atoms with Crippen LogP contribution in [0.15, 0.2) is 72.8 Å². The molecule has 138 valence electrons. The summed E-state index contributed by atoms with van der Waals surface area (Å²) in [6.45, 7) is 0.407. The van der Waals surface area contributed by atoms with Gasteiger partial charge in [0.2, 0.25) is 0 Å². The van der Waals surface area contributed by atoms with E-state index in [0.29, 0.717) is 11.6 Å². The molecule has 0 aliphatic heterocycles. The Bertz CT molecular complexity index is 900. The number of methoxy groups -OCH3 is 1. The first-order valence-electron chi connectivity index (χ1n) is 8.64. The van der Waals surface area contributed by atoms with E-state index in [1.165, 1.54) is 0 Å². The van der Waals surface area contributed by atoms with Gasteiger partial charge in [0.05, 0.1) is 7.11 Å². The highest BCUT2D eigenvalue weighted by Gasteiger charge is 2.05. The maximum Gasteiger partial charge on any atom is 0.125 e. The van der Waals surface area contributed by atoms with E-state index in [1.54, 1.807) is 31.4 Å². The highest BCUT2D eigenvalue weighted by atomic mass is 35.5. The lowest BCUT2D eigenvalue weighted by atomic mass is 10.1. The zero-order valence-corrected chi connectivity index (χ0v) is 15.8. The van der Waals surface area contributed by atoms with Crippen molar-refractivity contribution in [2.24, 2.45) is 0 Å². The van der Waals surface area contributed by atoms with Crippen LogP contribution in [-0.4, -0.2) is 12.2 Å². The molecule has 4 heteroatoms. The minimum atomic E-state index is 0.281. The van der Waals surface area contributed by atoms with E-state index in [2.05, 4.69) is 18.2 Å². The molecule has 0 unspecified atom stereocenters. The van der Waals surface area contributed by atoms with Crippen LogP contribution in [-0.2, 0) is 13.0 Å². The van der Waals surface area contributed by atoms with E-state index >= 15 is 0 Å². The Kier molecular flexibility index (Phi) is 6.39. The molecule has 3 rings (SSSR count). The zero-order chi connectivity index (χ0) is 19.1. The average molecular weight is 381 g/mol. The number of ether oxygens (including phenoxy) is 2. The predicted octanol–water partition coefficient (Wildman–Crippen LogP) is 5.89. The number of aromatic hydroxyl groups is 1. The topological polar surface area (TPSA) is 38.7 Å². The summed E-state index contributed by atoms with van der Waals surface area (Å²) in [6, 6.07) is 20.5. The fourth-order valence-electron chi connectivity index (χ4n) is 2.67. The summed E-state index contributed by atoms with van der Waals surface area (Å²) in [7, 11) is 1.65. The van der Waals surface area contributed by atoms with E-state index in [9.17, 15) is 5.11 Å². The monoisotopic (exact) mass is 380 g/mol. The van der Waals surface area contributed by atoms with Crippen molar-refractivity contribution >= 4 is 17.7 Å². The lowest BCUT2D eigenvalue weighted by Gasteiger charge is -2.11. The molecular formula is C23H21ClO3. The van der Waals surface area contributed by atoms with Crippen molar-refractivity contribution in [1.82, 2.24) is 0 Å². The van der Waals surface area contributed by atoms with Gasteiger partial charge in [-0.3, -0.25) is 0 Å². The van der Waals surface area contributed by atoms with Gasteiger partial charge in [-0.25, -0.2) is 0 Å². The van der Waals surface area contributed by atoms with E-state index < -0.39 is 0 Å². The van der Waals surface area contributed by atoms with Gasteiger partial charge in [0.15, 0.2) is 0 Å². The van der Waals surface area contributed by atoms with E-state index in [4.69, 9.17) is 21.1 Å². The first-order valence-corrected chi connectivity index (χ1v) is 9.01. The van der Waals surface area contributed by atoms with E-state index in [-0.39, 0.29) is 5.75 Å². The van der Waals surface area contributed by atoms with Crippen LogP contribution in [0.3, 0.4) is 0 Å². The van der Waals surface area contributed by atoms with Crippen LogP contribution in [0.25, 0.3) is 6.08 Å². The van der Waals surface area contributed by atoms with Crippen LogP contribution in [0.2, 0.25) is 5.02 Å². The molecule has 0 bridgehead atoms. The molecule has 0 radical (unpaired) electrons. The number of hydrogen-bond donors (Lipinski definition) is 1. The average Bonchev–Trinajstić information content (AvgIpc) is 2.69. The van der Waals surface area contributed by atoms with Gasteiger partial charge in [0.1, 0.15) is 23.9 Å². The van der Waals surface area contributed by atoms with Crippen LogP contribution in [0.5, 0.6) is 17.2 Å². The highest BCUT2D eigenvalue weighted by molar-refractivity contribution is 6.30. The van der Waals surface area contributed by atoms with Gasteiger partial charge < -0.3 is 14.6 Å². The summed E-state index contributed by atoms with van der Waals surface area (Å²) in [6.07, 6.45) is 4.96. The normalized spacial score (nSPS) is 10.9. The molecule has 1 N–H and O–H groups in total. The van der Waals surface area contributed by atoms with Crippen LogP contribution in [0, 0.1) is 0 Å². The van der Waals surface area contributed by atoms with E-state index in [0.717, 1.165) is 34.6 Å². The van der Waals surface area contributed by atoms with Crippen LogP contribution in [0.1, 0.15) is 16.7 Å². The molecule has 27 heavy (non-hydrogen) atoms. The van der Waals surface area contributed by atoms with Gasteiger partial charge in [-0.1, -0.05) is 42.0 Å². The molecule has 0 aromatic heterocycles. The third-order valence-corrected chi connectivity index (χ3v) is 4.36. The smallest absolute Gasteiger partial charge is 0.125 e. The Hall–Kier alpha value is -2.91. The first-order chi connectivity index (χ1) is 13.1. The van der Waals surface area contributed by atoms with Crippen molar-refractivity contribution < 1.29 is 14.6 Å². The lowest BCUT2D eigenvalue weighted by molar-refractivity contribution is 0.296. The Labute approximate surface area is 164 Å². The largest absolute Gasteiger partial charge is 0.508 e. The fourth-order valence-corrected chi connectivity index (χ4v) is 2.80. The lowest BCUT2D eigenvalue weighted by Crippen LogP contribution is -1.99. The van der Waals surface area contributed by atoms with Gasteiger partial charge in [0, 0.05) is 10.6 Å². The van der Waals surface area contributed by atoms with E-state index in [1.807, 2.05) is 36.4 Å². The van der Waals surface area contributed by atoms with Crippen molar-refractivity contribution in [2.45, 2.75) is 13.0 Å². The molecule has 0 aliphatic rings. The van der Waals surface area contributed by atoms with Crippen LogP contribution >= 0.6 is 11.6 Å². The maximum atomic E-state index is 9.34. The van der Waals surface area contributed by atoms with Gasteiger partial charge in [-0.2, -0.15) is 0 Å². The maximum absolute atomic E-state index is 9.34. The number of phenolic OH excluding ortho intramolecular Hbond substituents is 1. The molecule has 0 atom stereocenters. The van der Waals surface area contributed by atoms with Gasteiger partial charge in [0.25, 0.3) is 0 Å². The zero-order valence-electron chi connectivity index (χ0n) is 15.1. The minimum absolute atomic E-state index is 0.281. The third-order valence-electron chi connectivity index (χ3n) is 4.11. The highest BCUT2D eigenvalue weighted by Crippen LogP contribution is 2.24. The number of phenols is 1. The van der Waals surface area contributed by atoms with Crippen LogP contribution < -0.4 is 9.47 Å². The molecule has 0 saturated carbocycles. The second-order valence-corrected chi connectivity index (χ2v) is 6.52. The molecular weight excluding hydrogens is 360 g/mol. The summed E-state index contributed by atoms with van der Waals surface area (Å²) in [5.74, 6) is 1.83. The molecule has 0 heterocycles. The Balaban J connectivity index is 1.67. The SMILES string of the molecule is COc1ccc(/C=C/Cc2ccc(O)cc2)cc1COc1ccc(Cl)cc1. The second kappa shape index (κ2) is 9.15. The van der Waals surface area contributed by atoms with Gasteiger partial charge >= 0.3 is 0 Å². The van der Waals surface area contributed by atoms with Crippen molar-refractivity contribution in [3.05, 3.63) is 94.5 Å². The van der Waals surface area contributed by atoms with Crippen molar-refractivity contribution in [3.8, 4) is 17.2 Å². The van der Waals surface area contributed by atoms with Crippen LogP contribution in [0.4, 0.5) is 0 Å². The Morgan fingerprint density at radius 2 is 1.70 bits per heavy atom. The fraction of sp³-hybridized carbons (Fsp3) is 0.130. The van der Waals surface area contributed by atoms with Crippen molar-refractivity contribution in [1.29, 1.82) is 0 Å². The number of hydrogen-bond acceptors (Lipinski definition) is 3. The number of allylic oxidation sites excluding steroid dienone is 1. The standard InChI is InChI=1S/C23H21ClO3/c1-26-23-14-7-18(4-2-3-17-5-10-21(25)11-6-17)15-19(23)16-27-22-12-8-20(24)9-13-22/h2,4-15,25H,3,16H2,1H3/b4-2+. The van der Waals surface area contributed by atoms with Gasteiger partial charge in [-0.05, 0) is 66.1 Å². The molecule has 0 spiro atoms. The van der Waals surface area contributed by atoms with Crippen molar-refractivity contribution in [3.63, 3.8) is 0 Å². The Morgan fingerprint density at radius 1 is 0.963 bits per heavy atom. The minimum Gasteiger partial charge on any atom is -0.508 e. The van der Waals surface area contributed by atoms with Gasteiger partial charge in [-0.15, -0.1) is 0 Å². The number of rotatable bonds is 7. The molecule has 3 aromatic rings. The third kappa shape index (κ3) is 5.53. The summed E-state index contributed by atoms with van der Waals surface area (Å²) < 4.78 is 11.3. The molecule has 3 nitrogen and oxygen atoms in total. The quantitative estimate of drug-likeness (QED) is 0.555. The van der Waals surface area contributed by atoms with Crippen molar-refractivity contribution in [2.75, 3.05) is 7.11 Å². The summed E-state index contributed by atoms with van der Waals surface area (Å²) in [4.78, 5) is 0. The number of benzene rings is 3. The molecule has 0 fully saturated rings. The molecule has 0 amide bonds. The summed E-state index contributed by atoms with van der Waals surface area (Å²) >= 11 is 5.90. The Morgan fingerprint density at radius 3 is 2.41 bits per heavy atom.